The SMILES string of the molecule is Cc1cc(Oc2cc(N(C)C)ccc2N)ccc1C#N. The summed E-state index contributed by atoms with van der Waals surface area (Å²) in [5.41, 5.74) is 9.06. The molecular formula is C16H17N3O. The molecule has 102 valence electrons. The van der Waals surface area contributed by atoms with Crippen LogP contribution in [-0.2, 0) is 0 Å². The molecule has 0 aliphatic heterocycles. The zero-order valence-corrected chi connectivity index (χ0v) is 11.8. The fourth-order valence-corrected chi connectivity index (χ4v) is 1.84. The normalized spacial score (nSPS) is 9.90. The van der Waals surface area contributed by atoms with E-state index < -0.39 is 0 Å². The van der Waals surface area contributed by atoms with Gasteiger partial charge < -0.3 is 15.4 Å². The van der Waals surface area contributed by atoms with E-state index in [0.29, 0.717) is 22.7 Å². The zero-order valence-electron chi connectivity index (χ0n) is 11.8. The molecule has 0 bridgehead atoms. The second-order valence-electron chi connectivity index (χ2n) is 4.81. The third-order valence-electron chi connectivity index (χ3n) is 3.06. The Morgan fingerprint density at radius 1 is 1.15 bits per heavy atom. The lowest BCUT2D eigenvalue weighted by Crippen LogP contribution is -2.08. The molecule has 2 aromatic rings. The average Bonchev–Trinajstić information content (AvgIpc) is 2.41. The van der Waals surface area contributed by atoms with E-state index in [2.05, 4.69) is 6.07 Å². The molecule has 0 aromatic heterocycles. The van der Waals surface area contributed by atoms with Crippen LogP contribution < -0.4 is 15.4 Å². The van der Waals surface area contributed by atoms with Crippen molar-refractivity contribution in [2.24, 2.45) is 0 Å². The fourth-order valence-electron chi connectivity index (χ4n) is 1.84. The van der Waals surface area contributed by atoms with Gasteiger partial charge in [0, 0.05) is 25.8 Å². The molecule has 0 atom stereocenters. The van der Waals surface area contributed by atoms with Crippen molar-refractivity contribution in [2.45, 2.75) is 6.92 Å². The highest BCUT2D eigenvalue weighted by atomic mass is 16.5. The van der Waals surface area contributed by atoms with Crippen molar-refractivity contribution in [1.29, 1.82) is 5.26 Å². The van der Waals surface area contributed by atoms with Crippen molar-refractivity contribution >= 4 is 11.4 Å². The minimum atomic E-state index is 0.581. The summed E-state index contributed by atoms with van der Waals surface area (Å²) >= 11 is 0. The molecule has 0 saturated heterocycles. The van der Waals surface area contributed by atoms with Gasteiger partial charge in [0.2, 0.25) is 0 Å². The smallest absolute Gasteiger partial charge is 0.152 e. The average molecular weight is 267 g/mol. The van der Waals surface area contributed by atoms with E-state index in [1.807, 2.05) is 50.2 Å². The number of hydrogen-bond donors (Lipinski definition) is 1. The van der Waals surface area contributed by atoms with E-state index in [1.165, 1.54) is 0 Å². The molecule has 0 radical (unpaired) electrons. The Morgan fingerprint density at radius 2 is 1.90 bits per heavy atom. The van der Waals surface area contributed by atoms with Crippen LogP contribution in [0.3, 0.4) is 0 Å². The van der Waals surface area contributed by atoms with Crippen LogP contribution in [0.4, 0.5) is 11.4 Å². The summed E-state index contributed by atoms with van der Waals surface area (Å²) in [4.78, 5) is 1.98. The quantitative estimate of drug-likeness (QED) is 0.867. The van der Waals surface area contributed by atoms with Crippen LogP contribution in [0.1, 0.15) is 11.1 Å². The molecule has 0 heterocycles. The number of aryl methyl sites for hydroxylation is 1. The number of nitrogen functional groups attached to an aromatic ring is 1. The molecule has 0 unspecified atom stereocenters. The van der Waals surface area contributed by atoms with Gasteiger partial charge in [-0.3, -0.25) is 0 Å². The molecular weight excluding hydrogens is 250 g/mol. The van der Waals surface area contributed by atoms with Crippen LogP contribution in [0.2, 0.25) is 0 Å². The molecule has 0 spiro atoms. The Labute approximate surface area is 119 Å². The molecule has 0 fully saturated rings. The predicted molar refractivity (Wildman–Crippen MR) is 81.1 cm³/mol. The van der Waals surface area contributed by atoms with Gasteiger partial charge in [-0.1, -0.05) is 0 Å². The van der Waals surface area contributed by atoms with Gasteiger partial charge in [-0.15, -0.1) is 0 Å². The van der Waals surface area contributed by atoms with E-state index in [9.17, 15) is 0 Å². The van der Waals surface area contributed by atoms with E-state index in [4.69, 9.17) is 15.7 Å². The standard InChI is InChI=1S/C16H17N3O/c1-11-8-14(6-4-12(11)10-17)20-16-9-13(19(2)3)5-7-15(16)18/h4-9H,18H2,1-3H3. The summed E-state index contributed by atoms with van der Waals surface area (Å²) < 4.78 is 5.82. The largest absolute Gasteiger partial charge is 0.455 e. The molecule has 0 aliphatic carbocycles. The van der Waals surface area contributed by atoms with Crippen LogP contribution >= 0.6 is 0 Å². The maximum atomic E-state index is 8.92. The van der Waals surface area contributed by atoms with Crippen molar-refractivity contribution in [3.8, 4) is 17.6 Å². The van der Waals surface area contributed by atoms with Crippen molar-refractivity contribution in [3.05, 3.63) is 47.5 Å². The summed E-state index contributed by atoms with van der Waals surface area (Å²) in [7, 11) is 3.92. The summed E-state index contributed by atoms with van der Waals surface area (Å²) in [6.07, 6.45) is 0. The molecule has 2 rings (SSSR count). The number of anilines is 2. The van der Waals surface area contributed by atoms with Crippen LogP contribution in [0.15, 0.2) is 36.4 Å². The van der Waals surface area contributed by atoms with E-state index in [1.54, 1.807) is 12.1 Å². The Balaban J connectivity index is 2.32. The zero-order chi connectivity index (χ0) is 14.7. The van der Waals surface area contributed by atoms with Crippen LogP contribution in [0.25, 0.3) is 0 Å². The summed E-state index contributed by atoms with van der Waals surface area (Å²) in [6.45, 7) is 1.88. The van der Waals surface area contributed by atoms with Crippen LogP contribution in [0, 0.1) is 18.3 Å². The second-order valence-corrected chi connectivity index (χ2v) is 4.81. The van der Waals surface area contributed by atoms with E-state index >= 15 is 0 Å². The molecule has 0 saturated carbocycles. The molecule has 2 N–H and O–H groups in total. The maximum Gasteiger partial charge on any atom is 0.152 e. The van der Waals surface area contributed by atoms with Gasteiger partial charge in [0.05, 0.1) is 17.3 Å². The number of benzene rings is 2. The maximum absolute atomic E-state index is 8.92. The summed E-state index contributed by atoms with van der Waals surface area (Å²) in [5, 5.41) is 8.92. The number of hydrogen-bond acceptors (Lipinski definition) is 4. The fraction of sp³-hybridized carbons (Fsp3) is 0.188. The van der Waals surface area contributed by atoms with Gasteiger partial charge in [0.1, 0.15) is 5.75 Å². The molecule has 0 amide bonds. The van der Waals surface area contributed by atoms with Crippen molar-refractivity contribution in [2.75, 3.05) is 24.7 Å². The van der Waals surface area contributed by atoms with Crippen molar-refractivity contribution < 1.29 is 4.74 Å². The number of nitrogens with two attached hydrogens (primary N) is 1. The van der Waals surface area contributed by atoms with Crippen LogP contribution in [-0.4, -0.2) is 14.1 Å². The van der Waals surface area contributed by atoms with Crippen molar-refractivity contribution in [1.82, 2.24) is 0 Å². The highest BCUT2D eigenvalue weighted by molar-refractivity contribution is 5.63. The molecule has 4 heteroatoms. The lowest BCUT2D eigenvalue weighted by atomic mass is 10.1. The molecule has 0 aliphatic rings. The van der Waals surface area contributed by atoms with Gasteiger partial charge in [-0.2, -0.15) is 5.26 Å². The Bertz CT molecular complexity index is 672. The monoisotopic (exact) mass is 267 g/mol. The van der Waals surface area contributed by atoms with Gasteiger partial charge in [-0.05, 0) is 42.8 Å². The highest BCUT2D eigenvalue weighted by Gasteiger charge is 2.07. The first-order valence-electron chi connectivity index (χ1n) is 6.26. The van der Waals surface area contributed by atoms with Gasteiger partial charge in [0.15, 0.2) is 5.75 Å². The van der Waals surface area contributed by atoms with E-state index in [-0.39, 0.29) is 0 Å². The highest BCUT2D eigenvalue weighted by Crippen LogP contribution is 2.31. The lowest BCUT2D eigenvalue weighted by molar-refractivity contribution is 0.484. The van der Waals surface area contributed by atoms with Gasteiger partial charge >= 0.3 is 0 Å². The molecule has 2 aromatic carbocycles. The summed E-state index contributed by atoms with van der Waals surface area (Å²) in [5.74, 6) is 1.28. The lowest BCUT2D eigenvalue weighted by Gasteiger charge is -2.16. The molecule has 4 nitrogen and oxygen atoms in total. The number of nitriles is 1. The number of rotatable bonds is 3. The Morgan fingerprint density at radius 3 is 2.50 bits per heavy atom. The Kier molecular flexibility index (Phi) is 3.81. The first-order valence-corrected chi connectivity index (χ1v) is 6.26. The number of ether oxygens (including phenoxy) is 1. The third-order valence-corrected chi connectivity index (χ3v) is 3.06. The number of nitrogens with zero attached hydrogens (tertiary/aromatic N) is 2. The topological polar surface area (TPSA) is 62.3 Å². The third kappa shape index (κ3) is 2.83. The molecule has 20 heavy (non-hydrogen) atoms. The van der Waals surface area contributed by atoms with Gasteiger partial charge in [-0.25, -0.2) is 0 Å². The van der Waals surface area contributed by atoms with Gasteiger partial charge in [0.25, 0.3) is 0 Å². The minimum absolute atomic E-state index is 0.581. The predicted octanol–water partition coefficient (Wildman–Crippen LogP) is 3.31. The first-order chi connectivity index (χ1) is 9.51. The Hall–Kier alpha value is -2.67. The second kappa shape index (κ2) is 5.54. The van der Waals surface area contributed by atoms with Crippen molar-refractivity contribution in [3.63, 3.8) is 0 Å². The minimum Gasteiger partial charge on any atom is -0.455 e. The van der Waals surface area contributed by atoms with E-state index in [0.717, 1.165) is 11.3 Å². The first kappa shape index (κ1) is 13.8. The van der Waals surface area contributed by atoms with Crippen LogP contribution in [0.5, 0.6) is 11.5 Å². The summed E-state index contributed by atoms with van der Waals surface area (Å²) in [6, 6.07) is 13.1.